The Morgan fingerprint density at radius 1 is 1.22 bits per heavy atom. The third kappa shape index (κ3) is 7.37. The van der Waals surface area contributed by atoms with Crippen LogP contribution in [0, 0.1) is 0 Å². The molecule has 4 N–H and O–H groups in total. The van der Waals surface area contributed by atoms with Gasteiger partial charge in [-0.1, -0.05) is 30.3 Å². The number of sulfonamides is 1. The van der Waals surface area contributed by atoms with Crippen LogP contribution in [0.5, 0.6) is 0 Å². The molecule has 10 nitrogen and oxygen atoms in total. The monoisotopic (exact) mass is 526 g/mol. The van der Waals surface area contributed by atoms with Gasteiger partial charge in [-0.3, -0.25) is 19.5 Å². The first-order chi connectivity index (χ1) is 17.7. The molecule has 4 rings (SSSR count). The molecule has 2 aromatic heterocycles. The van der Waals surface area contributed by atoms with Crippen molar-refractivity contribution >= 4 is 32.7 Å². The standard InChI is InChI=1S/C26H34N6O4S/c1-18(25(33)28-17-22-14-21-16-27-10-8-23(21)31-22)30-26(34)24-15-20(19-6-4-3-5-7-19)9-12-32(24)13-11-29-37(2,35)36/h3-8,10,14,16,18,20,24,29,31H,9,11-13,15,17H2,1-2H3,(H,28,33)(H,30,34)/t18-,20-,24+/m0/s1. The third-order valence-corrected chi connectivity index (χ3v) is 7.46. The second-order valence-corrected chi connectivity index (χ2v) is 11.4. The normalized spacial score (nSPS) is 19.4. The smallest absolute Gasteiger partial charge is 0.242 e. The number of carbonyl (C=O) groups is 2. The SMILES string of the molecule is C[C@H](NC(=O)[C@H]1C[C@@H](c2ccccc2)CCN1CCNS(C)(=O)=O)C(=O)NCc1cc2cnccc2[nH]1. The summed E-state index contributed by atoms with van der Waals surface area (Å²) in [6.07, 6.45) is 6.03. The van der Waals surface area contributed by atoms with Crippen LogP contribution in [0.25, 0.3) is 10.9 Å². The molecule has 0 unspecified atom stereocenters. The topological polar surface area (TPSA) is 136 Å². The van der Waals surface area contributed by atoms with Crippen LogP contribution in [-0.2, 0) is 26.2 Å². The predicted molar refractivity (Wildman–Crippen MR) is 142 cm³/mol. The Bertz CT molecular complexity index is 1290. The van der Waals surface area contributed by atoms with Crippen LogP contribution in [0.3, 0.4) is 0 Å². The molecule has 198 valence electrons. The summed E-state index contributed by atoms with van der Waals surface area (Å²) in [5, 5.41) is 6.70. The molecule has 1 aromatic carbocycles. The molecule has 0 saturated carbocycles. The van der Waals surface area contributed by atoms with Gasteiger partial charge in [-0.15, -0.1) is 0 Å². The molecule has 1 saturated heterocycles. The first-order valence-corrected chi connectivity index (χ1v) is 14.3. The highest BCUT2D eigenvalue weighted by molar-refractivity contribution is 7.88. The van der Waals surface area contributed by atoms with Gasteiger partial charge in [0, 0.05) is 42.1 Å². The number of nitrogens with one attached hydrogen (secondary N) is 4. The minimum absolute atomic E-state index is 0.205. The van der Waals surface area contributed by atoms with Crippen molar-refractivity contribution in [2.75, 3.05) is 25.9 Å². The average molecular weight is 527 g/mol. The Kier molecular flexibility index (Phi) is 8.57. The first kappa shape index (κ1) is 26.8. The molecule has 0 bridgehead atoms. The van der Waals surface area contributed by atoms with Gasteiger partial charge in [0.1, 0.15) is 6.04 Å². The number of rotatable bonds is 10. The summed E-state index contributed by atoms with van der Waals surface area (Å²) in [7, 11) is -3.32. The van der Waals surface area contributed by atoms with Gasteiger partial charge in [-0.2, -0.15) is 0 Å². The zero-order chi connectivity index (χ0) is 26.4. The number of likely N-dealkylation sites (tertiary alicyclic amines) is 1. The lowest BCUT2D eigenvalue weighted by Crippen LogP contribution is -2.56. The van der Waals surface area contributed by atoms with E-state index in [0.29, 0.717) is 26.1 Å². The number of benzene rings is 1. The van der Waals surface area contributed by atoms with E-state index in [2.05, 4.69) is 37.5 Å². The van der Waals surface area contributed by atoms with Gasteiger partial charge in [0.25, 0.3) is 0 Å². The fraction of sp³-hybridized carbons (Fsp3) is 0.423. The molecule has 11 heteroatoms. The Labute approximate surface area is 217 Å². The number of carbonyl (C=O) groups excluding carboxylic acids is 2. The van der Waals surface area contributed by atoms with Crippen molar-refractivity contribution in [1.29, 1.82) is 0 Å². The van der Waals surface area contributed by atoms with Crippen molar-refractivity contribution in [3.8, 4) is 0 Å². The summed E-state index contributed by atoms with van der Waals surface area (Å²) in [5.74, 6) is -0.318. The lowest BCUT2D eigenvalue weighted by molar-refractivity contribution is -0.132. The summed E-state index contributed by atoms with van der Waals surface area (Å²) in [4.78, 5) is 35.5. The summed E-state index contributed by atoms with van der Waals surface area (Å²) in [6, 6.07) is 12.7. The van der Waals surface area contributed by atoms with E-state index < -0.39 is 22.1 Å². The van der Waals surface area contributed by atoms with Crippen molar-refractivity contribution in [3.05, 3.63) is 66.1 Å². The van der Waals surface area contributed by atoms with E-state index in [1.165, 1.54) is 5.56 Å². The van der Waals surface area contributed by atoms with Gasteiger partial charge in [-0.25, -0.2) is 13.1 Å². The van der Waals surface area contributed by atoms with E-state index in [4.69, 9.17) is 0 Å². The van der Waals surface area contributed by atoms with Crippen molar-refractivity contribution in [2.45, 2.75) is 44.3 Å². The number of nitrogens with zero attached hydrogens (tertiary/aromatic N) is 2. The van der Waals surface area contributed by atoms with Gasteiger partial charge >= 0.3 is 0 Å². The molecule has 1 aliphatic rings. The first-order valence-electron chi connectivity index (χ1n) is 12.4. The Balaban J connectivity index is 1.37. The Hall–Kier alpha value is -3.28. The summed E-state index contributed by atoms with van der Waals surface area (Å²) >= 11 is 0. The lowest BCUT2D eigenvalue weighted by atomic mass is 9.85. The molecule has 0 radical (unpaired) electrons. The van der Waals surface area contributed by atoms with Crippen molar-refractivity contribution < 1.29 is 18.0 Å². The molecule has 0 aliphatic carbocycles. The van der Waals surface area contributed by atoms with E-state index in [1.54, 1.807) is 19.3 Å². The van der Waals surface area contributed by atoms with Crippen LogP contribution >= 0.6 is 0 Å². The van der Waals surface area contributed by atoms with E-state index in [9.17, 15) is 18.0 Å². The maximum atomic E-state index is 13.4. The number of fused-ring (bicyclic) bond motifs is 1. The fourth-order valence-corrected chi connectivity index (χ4v) is 5.26. The molecule has 3 aromatic rings. The van der Waals surface area contributed by atoms with Crippen LogP contribution in [0.4, 0.5) is 0 Å². The number of aromatic amines is 1. The third-order valence-electron chi connectivity index (χ3n) is 6.73. The van der Waals surface area contributed by atoms with Gasteiger partial charge in [0.05, 0.1) is 18.8 Å². The number of hydrogen-bond donors (Lipinski definition) is 4. The number of amides is 2. The van der Waals surface area contributed by atoms with Crippen LogP contribution < -0.4 is 15.4 Å². The maximum Gasteiger partial charge on any atom is 0.242 e. The van der Waals surface area contributed by atoms with Crippen LogP contribution in [0.15, 0.2) is 54.9 Å². The maximum absolute atomic E-state index is 13.4. The van der Waals surface area contributed by atoms with Crippen molar-refractivity contribution in [2.24, 2.45) is 0 Å². The molecule has 37 heavy (non-hydrogen) atoms. The largest absolute Gasteiger partial charge is 0.357 e. The molecular formula is C26H34N6O4S. The van der Waals surface area contributed by atoms with Crippen molar-refractivity contribution in [1.82, 2.24) is 30.2 Å². The van der Waals surface area contributed by atoms with E-state index in [1.807, 2.05) is 35.2 Å². The number of piperidine rings is 1. The highest BCUT2D eigenvalue weighted by Gasteiger charge is 2.35. The summed E-state index contributed by atoms with van der Waals surface area (Å²) in [6.45, 7) is 3.24. The minimum Gasteiger partial charge on any atom is -0.357 e. The number of aromatic nitrogens is 2. The number of H-pyrrole nitrogens is 1. The van der Waals surface area contributed by atoms with E-state index >= 15 is 0 Å². The number of pyridine rings is 1. The van der Waals surface area contributed by atoms with Gasteiger partial charge in [0.15, 0.2) is 0 Å². The van der Waals surface area contributed by atoms with E-state index in [-0.39, 0.29) is 24.3 Å². The van der Waals surface area contributed by atoms with Crippen LogP contribution in [0.2, 0.25) is 0 Å². The molecule has 3 atom stereocenters. The molecule has 1 fully saturated rings. The van der Waals surface area contributed by atoms with Gasteiger partial charge in [-0.05, 0) is 49.9 Å². The molecular weight excluding hydrogens is 492 g/mol. The highest BCUT2D eigenvalue weighted by atomic mass is 32.2. The van der Waals surface area contributed by atoms with E-state index in [0.717, 1.165) is 29.3 Å². The Morgan fingerprint density at radius 2 is 2.00 bits per heavy atom. The number of hydrogen-bond acceptors (Lipinski definition) is 6. The zero-order valence-corrected chi connectivity index (χ0v) is 21.9. The predicted octanol–water partition coefficient (Wildman–Crippen LogP) is 1.48. The van der Waals surface area contributed by atoms with Crippen molar-refractivity contribution in [3.63, 3.8) is 0 Å². The van der Waals surface area contributed by atoms with Crippen LogP contribution in [-0.4, -0.2) is 73.1 Å². The fourth-order valence-electron chi connectivity index (χ4n) is 4.80. The summed E-state index contributed by atoms with van der Waals surface area (Å²) < 4.78 is 25.5. The van der Waals surface area contributed by atoms with Gasteiger partial charge < -0.3 is 15.6 Å². The minimum atomic E-state index is -3.32. The molecule has 2 amide bonds. The van der Waals surface area contributed by atoms with Crippen LogP contribution in [0.1, 0.15) is 36.9 Å². The zero-order valence-electron chi connectivity index (χ0n) is 21.1. The van der Waals surface area contributed by atoms with Gasteiger partial charge in [0.2, 0.25) is 21.8 Å². The quantitative estimate of drug-likeness (QED) is 0.316. The molecule has 1 aliphatic heterocycles. The Morgan fingerprint density at radius 3 is 2.73 bits per heavy atom. The summed E-state index contributed by atoms with van der Waals surface area (Å²) in [5.41, 5.74) is 2.96. The molecule has 3 heterocycles. The lowest BCUT2D eigenvalue weighted by Gasteiger charge is -2.39. The second kappa shape index (κ2) is 11.8. The average Bonchev–Trinajstić information content (AvgIpc) is 3.30. The highest BCUT2D eigenvalue weighted by Crippen LogP contribution is 2.31. The second-order valence-electron chi connectivity index (χ2n) is 9.56. The molecule has 0 spiro atoms.